The predicted molar refractivity (Wildman–Crippen MR) is 41.5 cm³/mol. The molecule has 0 aliphatic rings. The van der Waals surface area contributed by atoms with E-state index in [1.165, 1.54) is 6.07 Å². The zero-order valence-corrected chi connectivity index (χ0v) is 7.10. The number of halogens is 2. The Kier molecular flexibility index (Phi) is 2.55. The molecule has 1 aromatic rings. The van der Waals surface area contributed by atoms with Crippen molar-refractivity contribution in [1.29, 1.82) is 5.26 Å². The molecular weight excluding hydrogens is 211 g/mol. The van der Waals surface area contributed by atoms with Crippen molar-refractivity contribution < 1.29 is 4.39 Å². The SMILES string of the molecule is N#Cc1cc(CBr)ncc1F. The molecule has 0 radical (unpaired) electrons. The van der Waals surface area contributed by atoms with Gasteiger partial charge in [0, 0.05) is 5.33 Å². The maximum absolute atomic E-state index is 12.6. The summed E-state index contributed by atoms with van der Waals surface area (Å²) < 4.78 is 12.6. The summed E-state index contributed by atoms with van der Waals surface area (Å²) >= 11 is 3.15. The van der Waals surface area contributed by atoms with Crippen LogP contribution in [0.15, 0.2) is 12.3 Å². The Morgan fingerprint density at radius 1 is 1.73 bits per heavy atom. The first-order valence-corrected chi connectivity index (χ1v) is 4.00. The van der Waals surface area contributed by atoms with Crippen molar-refractivity contribution in [1.82, 2.24) is 4.98 Å². The largest absolute Gasteiger partial charge is 0.257 e. The molecule has 0 amide bonds. The van der Waals surface area contributed by atoms with Crippen LogP contribution in [0.1, 0.15) is 11.3 Å². The van der Waals surface area contributed by atoms with Gasteiger partial charge in [-0.2, -0.15) is 5.26 Å². The summed E-state index contributed by atoms with van der Waals surface area (Å²) in [5, 5.41) is 8.94. The Balaban J connectivity index is 3.15. The predicted octanol–water partition coefficient (Wildman–Crippen LogP) is 1.99. The number of pyridine rings is 1. The second-order valence-corrected chi connectivity index (χ2v) is 2.46. The molecule has 0 spiro atoms. The van der Waals surface area contributed by atoms with Crippen molar-refractivity contribution in [2.45, 2.75) is 5.33 Å². The molecule has 0 aliphatic carbocycles. The lowest BCUT2D eigenvalue weighted by atomic mass is 10.2. The summed E-state index contributed by atoms with van der Waals surface area (Å²) in [5.41, 5.74) is 0.692. The van der Waals surface area contributed by atoms with Crippen LogP contribution in [0.25, 0.3) is 0 Å². The standard InChI is InChI=1S/C7H4BrFN2/c8-2-6-1-5(3-10)7(9)4-11-6/h1,4H,2H2. The monoisotopic (exact) mass is 214 g/mol. The molecule has 0 atom stereocenters. The van der Waals surface area contributed by atoms with Crippen molar-refractivity contribution in [2.24, 2.45) is 0 Å². The lowest BCUT2D eigenvalue weighted by Gasteiger charge is -1.94. The van der Waals surface area contributed by atoms with E-state index < -0.39 is 5.82 Å². The van der Waals surface area contributed by atoms with Crippen LogP contribution in [0.3, 0.4) is 0 Å². The third-order valence-corrected chi connectivity index (χ3v) is 1.74. The molecule has 0 unspecified atom stereocenters. The van der Waals surface area contributed by atoms with Gasteiger partial charge in [-0.1, -0.05) is 15.9 Å². The van der Waals surface area contributed by atoms with Crippen molar-refractivity contribution >= 4 is 15.9 Å². The van der Waals surface area contributed by atoms with Crippen molar-refractivity contribution in [3.05, 3.63) is 29.3 Å². The summed E-state index contributed by atoms with van der Waals surface area (Å²) in [4.78, 5) is 3.73. The van der Waals surface area contributed by atoms with E-state index in [2.05, 4.69) is 20.9 Å². The summed E-state index contributed by atoms with van der Waals surface area (Å²) in [6.07, 6.45) is 1.05. The molecule has 1 aromatic heterocycles. The molecule has 0 N–H and O–H groups in total. The van der Waals surface area contributed by atoms with Crippen LogP contribution in [-0.2, 0) is 5.33 Å². The molecular formula is C7H4BrFN2. The maximum Gasteiger partial charge on any atom is 0.159 e. The summed E-state index contributed by atoms with van der Waals surface area (Å²) in [6.45, 7) is 0. The topological polar surface area (TPSA) is 36.7 Å². The van der Waals surface area contributed by atoms with Gasteiger partial charge in [-0.25, -0.2) is 4.39 Å². The third-order valence-electron chi connectivity index (χ3n) is 1.17. The zero-order chi connectivity index (χ0) is 8.27. The van der Waals surface area contributed by atoms with Gasteiger partial charge in [0.15, 0.2) is 5.82 Å². The van der Waals surface area contributed by atoms with E-state index in [9.17, 15) is 4.39 Å². The average molecular weight is 215 g/mol. The number of rotatable bonds is 1. The normalized spacial score (nSPS) is 9.18. The van der Waals surface area contributed by atoms with Gasteiger partial charge in [0.1, 0.15) is 6.07 Å². The van der Waals surface area contributed by atoms with Gasteiger partial charge in [0.2, 0.25) is 0 Å². The highest BCUT2D eigenvalue weighted by Gasteiger charge is 2.01. The van der Waals surface area contributed by atoms with Crippen LogP contribution in [0.5, 0.6) is 0 Å². The van der Waals surface area contributed by atoms with Gasteiger partial charge in [0.05, 0.1) is 17.5 Å². The van der Waals surface area contributed by atoms with Gasteiger partial charge >= 0.3 is 0 Å². The summed E-state index contributed by atoms with van der Waals surface area (Å²) in [7, 11) is 0. The Hall–Kier alpha value is -0.950. The lowest BCUT2D eigenvalue weighted by molar-refractivity contribution is 0.616. The van der Waals surface area contributed by atoms with Gasteiger partial charge in [-0.3, -0.25) is 4.98 Å². The van der Waals surface area contributed by atoms with Crippen molar-refractivity contribution in [2.75, 3.05) is 0 Å². The highest BCUT2D eigenvalue weighted by molar-refractivity contribution is 9.08. The van der Waals surface area contributed by atoms with Crippen LogP contribution < -0.4 is 0 Å². The summed E-state index contributed by atoms with van der Waals surface area (Å²) in [5.74, 6) is -0.572. The minimum atomic E-state index is -0.572. The number of alkyl halides is 1. The summed E-state index contributed by atoms with van der Waals surface area (Å²) in [6, 6.07) is 3.15. The van der Waals surface area contributed by atoms with E-state index in [4.69, 9.17) is 5.26 Å². The highest BCUT2D eigenvalue weighted by atomic mass is 79.9. The molecule has 1 heterocycles. The molecule has 0 fully saturated rings. The minimum absolute atomic E-state index is 0.0365. The Morgan fingerprint density at radius 2 is 2.45 bits per heavy atom. The number of nitriles is 1. The number of nitrogens with zero attached hydrogens (tertiary/aromatic N) is 2. The maximum atomic E-state index is 12.6. The second-order valence-electron chi connectivity index (χ2n) is 1.90. The smallest absolute Gasteiger partial charge is 0.159 e. The van der Waals surface area contributed by atoms with Crippen LogP contribution in [0.2, 0.25) is 0 Å². The molecule has 4 heteroatoms. The second kappa shape index (κ2) is 3.44. The van der Waals surface area contributed by atoms with Gasteiger partial charge in [-0.15, -0.1) is 0 Å². The van der Waals surface area contributed by atoms with E-state index in [1.807, 2.05) is 0 Å². The minimum Gasteiger partial charge on any atom is -0.257 e. The van der Waals surface area contributed by atoms with Gasteiger partial charge in [0.25, 0.3) is 0 Å². The van der Waals surface area contributed by atoms with Gasteiger partial charge < -0.3 is 0 Å². The fraction of sp³-hybridized carbons (Fsp3) is 0.143. The quantitative estimate of drug-likeness (QED) is 0.671. The molecule has 0 saturated heterocycles. The van der Waals surface area contributed by atoms with Crippen LogP contribution in [0.4, 0.5) is 4.39 Å². The fourth-order valence-corrected chi connectivity index (χ4v) is 0.947. The molecule has 1 rings (SSSR count). The first-order valence-electron chi connectivity index (χ1n) is 2.88. The van der Waals surface area contributed by atoms with E-state index >= 15 is 0 Å². The average Bonchev–Trinajstić information content (AvgIpc) is 2.05. The van der Waals surface area contributed by atoms with E-state index in [1.54, 1.807) is 6.07 Å². The fourth-order valence-electron chi connectivity index (χ4n) is 0.641. The lowest BCUT2D eigenvalue weighted by Crippen LogP contribution is -1.90. The Morgan fingerprint density at radius 3 is 3.00 bits per heavy atom. The molecule has 0 aliphatic heterocycles. The number of hydrogen-bond donors (Lipinski definition) is 0. The van der Waals surface area contributed by atoms with E-state index in [0.29, 0.717) is 11.0 Å². The van der Waals surface area contributed by atoms with Crippen LogP contribution >= 0.6 is 15.9 Å². The van der Waals surface area contributed by atoms with Crippen molar-refractivity contribution in [3.63, 3.8) is 0 Å². The molecule has 11 heavy (non-hydrogen) atoms. The molecule has 2 nitrogen and oxygen atoms in total. The highest BCUT2D eigenvalue weighted by Crippen LogP contribution is 2.08. The van der Waals surface area contributed by atoms with E-state index in [0.717, 1.165) is 6.20 Å². The number of hydrogen-bond acceptors (Lipinski definition) is 2. The van der Waals surface area contributed by atoms with Crippen LogP contribution in [-0.4, -0.2) is 4.98 Å². The third kappa shape index (κ3) is 1.75. The molecule has 0 aromatic carbocycles. The van der Waals surface area contributed by atoms with Gasteiger partial charge in [-0.05, 0) is 6.07 Å². The first kappa shape index (κ1) is 8.15. The molecule has 0 bridgehead atoms. The first-order chi connectivity index (χ1) is 5.27. The number of aromatic nitrogens is 1. The Bertz CT molecular complexity index is 306. The molecule has 0 saturated carbocycles. The van der Waals surface area contributed by atoms with Crippen molar-refractivity contribution in [3.8, 4) is 6.07 Å². The molecule has 56 valence electrons. The Labute approximate surface area is 71.8 Å². The van der Waals surface area contributed by atoms with E-state index in [-0.39, 0.29) is 5.56 Å². The van der Waals surface area contributed by atoms with Crippen LogP contribution in [0, 0.1) is 17.1 Å². The zero-order valence-electron chi connectivity index (χ0n) is 5.51.